The molecule has 0 aliphatic carbocycles. The first kappa shape index (κ1) is 21.4. The number of hydrogen-bond acceptors (Lipinski definition) is 5. The van der Waals surface area contributed by atoms with Gasteiger partial charge in [0.2, 0.25) is 10.9 Å². The molecule has 4 rings (SSSR count). The average molecular weight is 459 g/mol. The molecular weight excluding hydrogens is 439 g/mol. The normalized spacial score (nSPS) is 16.2. The molecule has 0 spiro atoms. The van der Waals surface area contributed by atoms with Gasteiger partial charge in [0.1, 0.15) is 10.8 Å². The fourth-order valence-corrected chi connectivity index (χ4v) is 4.59. The minimum Gasteiger partial charge on any atom is -0.342 e. The predicted octanol–water partition coefficient (Wildman–Crippen LogP) is 4.53. The van der Waals surface area contributed by atoms with E-state index in [1.54, 1.807) is 36.4 Å². The molecule has 160 valence electrons. The summed E-state index contributed by atoms with van der Waals surface area (Å²) in [5, 5.41) is 12.6. The number of piperidine rings is 1. The number of aromatic nitrogens is 2. The molecular formula is C22H20ClFN4O2S. The number of halogens is 2. The fourth-order valence-electron chi connectivity index (χ4n) is 3.54. The molecule has 0 bridgehead atoms. The molecule has 2 aromatic carbocycles. The predicted molar refractivity (Wildman–Crippen MR) is 118 cm³/mol. The Kier molecular flexibility index (Phi) is 6.58. The van der Waals surface area contributed by atoms with E-state index in [1.807, 2.05) is 4.90 Å². The minimum absolute atomic E-state index is 0.000235. The van der Waals surface area contributed by atoms with E-state index >= 15 is 0 Å². The first-order valence-corrected chi connectivity index (χ1v) is 11.1. The van der Waals surface area contributed by atoms with E-state index in [0.717, 1.165) is 23.4 Å². The quantitative estimate of drug-likeness (QED) is 0.609. The highest BCUT2D eigenvalue weighted by Crippen LogP contribution is 2.30. The van der Waals surface area contributed by atoms with Crippen LogP contribution in [0, 0.1) is 5.82 Å². The number of hydrogen-bond donors (Lipinski definition) is 1. The molecule has 0 radical (unpaired) electrons. The minimum atomic E-state index is -0.342. The summed E-state index contributed by atoms with van der Waals surface area (Å²) in [6.45, 7) is 1.21. The maximum atomic E-state index is 13.1. The SMILES string of the molecule is O=C(Nc1cccc(Cl)c1)c1nnc([C@@H]2CCCN(C(=O)Cc3ccc(F)cc3)C2)s1. The first-order chi connectivity index (χ1) is 15.0. The summed E-state index contributed by atoms with van der Waals surface area (Å²) in [7, 11) is 0. The third-order valence-corrected chi connectivity index (χ3v) is 6.43. The monoisotopic (exact) mass is 458 g/mol. The van der Waals surface area contributed by atoms with E-state index in [2.05, 4.69) is 15.5 Å². The number of carbonyl (C=O) groups is 2. The molecule has 1 saturated heterocycles. The van der Waals surface area contributed by atoms with Gasteiger partial charge in [0, 0.05) is 29.7 Å². The second-order valence-electron chi connectivity index (χ2n) is 7.39. The van der Waals surface area contributed by atoms with Crippen LogP contribution in [0.15, 0.2) is 48.5 Å². The Balaban J connectivity index is 1.38. The first-order valence-electron chi connectivity index (χ1n) is 9.90. The summed E-state index contributed by atoms with van der Waals surface area (Å²) in [5.74, 6) is -0.623. The molecule has 1 N–H and O–H groups in total. The van der Waals surface area contributed by atoms with Gasteiger partial charge in [-0.05, 0) is 48.7 Å². The maximum absolute atomic E-state index is 13.1. The molecule has 31 heavy (non-hydrogen) atoms. The van der Waals surface area contributed by atoms with Gasteiger partial charge < -0.3 is 10.2 Å². The molecule has 1 fully saturated rings. The van der Waals surface area contributed by atoms with Crippen molar-refractivity contribution in [2.75, 3.05) is 18.4 Å². The fraction of sp³-hybridized carbons (Fsp3) is 0.273. The van der Waals surface area contributed by atoms with Crippen LogP contribution in [0.2, 0.25) is 5.02 Å². The lowest BCUT2D eigenvalue weighted by molar-refractivity contribution is -0.131. The van der Waals surface area contributed by atoms with Gasteiger partial charge in [-0.1, -0.05) is 41.1 Å². The molecule has 1 aliphatic heterocycles. The van der Waals surface area contributed by atoms with E-state index in [0.29, 0.717) is 23.8 Å². The van der Waals surface area contributed by atoms with Crippen LogP contribution in [-0.2, 0) is 11.2 Å². The third kappa shape index (κ3) is 5.45. The van der Waals surface area contributed by atoms with Crippen molar-refractivity contribution in [2.24, 2.45) is 0 Å². The van der Waals surface area contributed by atoms with Crippen molar-refractivity contribution in [2.45, 2.75) is 25.2 Å². The van der Waals surface area contributed by atoms with Crippen molar-refractivity contribution < 1.29 is 14.0 Å². The Bertz CT molecular complexity index is 1090. The van der Waals surface area contributed by atoms with Gasteiger partial charge in [0.15, 0.2) is 0 Å². The van der Waals surface area contributed by atoms with Gasteiger partial charge in [-0.2, -0.15) is 0 Å². The zero-order chi connectivity index (χ0) is 21.8. The number of carbonyl (C=O) groups excluding carboxylic acids is 2. The number of nitrogens with zero attached hydrogens (tertiary/aromatic N) is 3. The Morgan fingerprint density at radius 3 is 2.77 bits per heavy atom. The van der Waals surface area contributed by atoms with Crippen molar-refractivity contribution in [3.8, 4) is 0 Å². The molecule has 0 unspecified atom stereocenters. The molecule has 2 amide bonds. The number of anilines is 1. The standard InChI is InChI=1S/C22H20ClFN4O2S/c23-16-4-1-5-18(12-16)25-20(30)22-27-26-21(31-22)15-3-2-10-28(13-15)19(29)11-14-6-8-17(24)9-7-14/h1,4-9,12,15H,2-3,10-11,13H2,(H,25,30)/t15-/m1/s1. The number of likely N-dealkylation sites (tertiary alicyclic amines) is 1. The zero-order valence-electron chi connectivity index (χ0n) is 16.6. The molecule has 1 atom stereocenters. The summed E-state index contributed by atoms with van der Waals surface area (Å²) < 4.78 is 13.1. The van der Waals surface area contributed by atoms with Crippen LogP contribution < -0.4 is 5.32 Å². The van der Waals surface area contributed by atoms with Gasteiger partial charge in [0.25, 0.3) is 5.91 Å². The molecule has 1 aromatic heterocycles. The summed E-state index contributed by atoms with van der Waals surface area (Å²) in [6.07, 6.45) is 1.96. The van der Waals surface area contributed by atoms with Gasteiger partial charge in [0.05, 0.1) is 6.42 Å². The topological polar surface area (TPSA) is 75.2 Å². The number of benzene rings is 2. The Morgan fingerprint density at radius 2 is 2.00 bits per heavy atom. The molecule has 2 heterocycles. The lowest BCUT2D eigenvalue weighted by Crippen LogP contribution is -2.39. The van der Waals surface area contributed by atoms with Crippen LogP contribution in [0.1, 0.15) is 39.1 Å². The van der Waals surface area contributed by atoms with E-state index in [1.165, 1.54) is 23.5 Å². The van der Waals surface area contributed by atoms with E-state index in [-0.39, 0.29) is 35.0 Å². The van der Waals surface area contributed by atoms with Crippen molar-refractivity contribution in [3.05, 3.63) is 74.9 Å². The summed E-state index contributed by atoms with van der Waals surface area (Å²) in [5.41, 5.74) is 1.37. The van der Waals surface area contributed by atoms with E-state index < -0.39 is 0 Å². The Hall–Kier alpha value is -2.84. The van der Waals surface area contributed by atoms with Crippen molar-refractivity contribution >= 4 is 40.4 Å². The summed E-state index contributed by atoms with van der Waals surface area (Å²) in [6, 6.07) is 12.9. The smallest absolute Gasteiger partial charge is 0.286 e. The van der Waals surface area contributed by atoms with Crippen LogP contribution in [0.25, 0.3) is 0 Å². The van der Waals surface area contributed by atoms with Crippen LogP contribution in [0.4, 0.5) is 10.1 Å². The second-order valence-corrected chi connectivity index (χ2v) is 8.84. The van der Waals surface area contributed by atoms with Crippen LogP contribution in [-0.4, -0.2) is 40.0 Å². The largest absolute Gasteiger partial charge is 0.342 e. The highest BCUT2D eigenvalue weighted by molar-refractivity contribution is 7.13. The van der Waals surface area contributed by atoms with Gasteiger partial charge in [-0.25, -0.2) is 4.39 Å². The zero-order valence-corrected chi connectivity index (χ0v) is 18.1. The average Bonchev–Trinajstić information content (AvgIpc) is 3.26. The van der Waals surface area contributed by atoms with Crippen molar-refractivity contribution in [1.82, 2.24) is 15.1 Å². The summed E-state index contributed by atoms with van der Waals surface area (Å²) >= 11 is 7.20. The molecule has 0 saturated carbocycles. The second kappa shape index (κ2) is 9.53. The van der Waals surface area contributed by atoms with Crippen molar-refractivity contribution in [1.29, 1.82) is 0 Å². The van der Waals surface area contributed by atoms with Crippen LogP contribution >= 0.6 is 22.9 Å². The highest BCUT2D eigenvalue weighted by Gasteiger charge is 2.28. The number of rotatable bonds is 5. The molecule has 9 heteroatoms. The highest BCUT2D eigenvalue weighted by atomic mass is 35.5. The van der Waals surface area contributed by atoms with Crippen LogP contribution in [0.5, 0.6) is 0 Å². The van der Waals surface area contributed by atoms with Crippen molar-refractivity contribution in [3.63, 3.8) is 0 Å². The summed E-state index contributed by atoms with van der Waals surface area (Å²) in [4.78, 5) is 27.0. The number of amides is 2. The lowest BCUT2D eigenvalue weighted by atomic mass is 9.98. The molecule has 1 aliphatic rings. The van der Waals surface area contributed by atoms with E-state index in [9.17, 15) is 14.0 Å². The van der Waals surface area contributed by atoms with E-state index in [4.69, 9.17) is 11.6 Å². The Labute approximate surface area is 188 Å². The molecule has 6 nitrogen and oxygen atoms in total. The van der Waals surface area contributed by atoms with Gasteiger partial charge >= 0.3 is 0 Å². The third-order valence-electron chi connectivity index (χ3n) is 5.11. The number of nitrogens with one attached hydrogen (secondary N) is 1. The maximum Gasteiger partial charge on any atom is 0.286 e. The Morgan fingerprint density at radius 1 is 1.19 bits per heavy atom. The lowest BCUT2D eigenvalue weighted by Gasteiger charge is -2.31. The van der Waals surface area contributed by atoms with Gasteiger partial charge in [-0.15, -0.1) is 10.2 Å². The van der Waals surface area contributed by atoms with Gasteiger partial charge in [-0.3, -0.25) is 9.59 Å². The molecule has 3 aromatic rings. The van der Waals surface area contributed by atoms with Crippen LogP contribution in [0.3, 0.4) is 0 Å².